The molecule has 0 saturated carbocycles. The van der Waals surface area contributed by atoms with E-state index in [1.807, 2.05) is 18.7 Å². The third-order valence-electron chi connectivity index (χ3n) is 2.21. The smallest absolute Gasteiger partial charge is 0.321 e. The van der Waals surface area contributed by atoms with Gasteiger partial charge in [0, 0.05) is 11.3 Å². The van der Waals surface area contributed by atoms with E-state index >= 15 is 0 Å². The van der Waals surface area contributed by atoms with Gasteiger partial charge >= 0.3 is 6.01 Å². The summed E-state index contributed by atoms with van der Waals surface area (Å²) in [5.41, 5.74) is 0. The van der Waals surface area contributed by atoms with Crippen molar-refractivity contribution in [1.82, 2.24) is 10.1 Å². The highest BCUT2D eigenvalue weighted by Crippen LogP contribution is 2.28. The van der Waals surface area contributed by atoms with Crippen molar-refractivity contribution >= 4 is 17.8 Å². The van der Waals surface area contributed by atoms with E-state index in [1.165, 1.54) is 12.2 Å². The molecule has 2 unspecified atom stereocenters. The fraction of sp³-hybridized carbons (Fsp3) is 0.750. The van der Waals surface area contributed by atoms with E-state index in [1.54, 1.807) is 0 Å². The van der Waals surface area contributed by atoms with Crippen LogP contribution in [0.2, 0.25) is 0 Å². The van der Waals surface area contributed by atoms with Gasteiger partial charge in [-0.2, -0.15) is 16.7 Å². The lowest BCUT2D eigenvalue weighted by Crippen LogP contribution is -2.24. The summed E-state index contributed by atoms with van der Waals surface area (Å²) in [4.78, 5) is 4.11. The minimum atomic E-state index is 0.477. The molecular formula is C8H13N3OS. The topological polar surface area (TPSA) is 51.0 Å². The molecule has 1 aliphatic heterocycles. The summed E-state index contributed by atoms with van der Waals surface area (Å²) in [6, 6.07) is 1.03. The molecule has 1 aromatic heterocycles. The number of rotatable bonds is 2. The second-order valence-corrected chi connectivity index (χ2v) is 4.75. The molecule has 0 radical (unpaired) electrons. The van der Waals surface area contributed by atoms with Crippen LogP contribution in [0.25, 0.3) is 0 Å². The van der Waals surface area contributed by atoms with Crippen LogP contribution in [0.5, 0.6) is 0 Å². The molecule has 0 spiro atoms. The molecule has 2 atom stereocenters. The highest BCUT2D eigenvalue weighted by Gasteiger charge is 2.25. The quantitative estimate of drug-likeness (QED) is 0.785. The molecule has 72 valence electrons. The van der Waals surface area contributed by atoms with Crippen molar-refractivity contribution in [3.8, 4) is 0 Å². The van der Waals surface area contributed by atoms with Crippen molar-refractivity contribution in [2.75, 3.05) is 11.1 Å². The Morgan fingerprint density at radius 3 is 3.00 bits per heavy atom. The third kappa shape index (κ3) is 1.96. The molecule has 1 saturated heterocycles. The van der Waals surface area contributed by atoms with E-state index < -0.39 is 0 Å². The highest BCUT2D eigenvalue weighted by molar-refractivity contribution is 8.00. The molecule has 1 aliphatic rings. The Bertz CT molecular complexity index is 289. The molecular weight excluding hydrogens is 186 g/mol. The van der Waals surface area contributed by atoms with Crippen molar-refractivity contribution in [2.45, 2.75) is 31.6 Å². The van der Waals surface area contributed by atoms with Crippen molar-refractivity contribution in [2.24, 2.45) is 0 Å². The van der Waals surface area contributed by atoms with Crippen LogP contribution in [-0.4, -0.2) is 27.2 Å². The summed E-state index contributed by atoms with van der Waals surface area (Å²) < 4.78 is 4.99. The largest absolute Gasteiger partial charge is 0.334 e. The molecule has 0 bridgehead atoms. The summed E-state index contributed by atoms with van der Waals surface area (Å²) in [5.74, 6) is 1.90. The van der Waals surface area contributed by atoms with Crippen LogP contribution >= 0.6 is 11.8 Å². The standard InChI is InChI=1S/C8H13N3OS/c1-5-7(3-4-13-5)10-8-9-6(2)11-12-8/h5,7H,3-4H2,1-2H3,(H,9,10,11). The lowest BCUT2D eigenvalue weighted by atomic mass is 10.2. The summed E-state index contributed by atoms with van der Waals surface area (Å²) in [6.07, 6.45) is 1.17. The van der Waals surface area contributed by atoms with Gasteiger partial charge < -0.3 is 9.84 Å². The Morgan fingerprint density at radius 2 is 2.46 bits per heavy atom. The van der Waals surface area contributed by atoms with Crippen LogP contribution in [-0.2, 0) is 0 Å². The van der Waals surface area contributed by atoms with Crippen molar-refractivity contribution in [1.29, 1.82) is 0 Å². The van der Waals surface area contributed by atoms with Gasteiger partial charge in [-0.3, -0.25) is 0 Å². The van der Waals surface area contributed by atoms with Gasteiger partial charge in [0.1, 0.15) is 0 Å². The van der Waals surface area contributed by atoms with E-state index in [9.17, 15) is 0 Å². The van der Waals surface area contributed by atoms with Gasteiger partial charge in [-0.15, -0.1) is 0 Å². The fourth-order valence-corrected chi connectivity index (χ4v) is 2.63. The van der Waals surface area contributed by atoms with Gasteiger partial charge in [0.2, 0.25) is 0 Å². The molecule has 1 fully saturated rings. The molecule has 1 aromatic rings. The van der Waals surface area contributed by atoms with E-state index in [4.69, 9.17) is 4.52 Å². The number of thioether (sulfide) groups is 1. The normalized spacial score (nSPS) is 27.8. The van der Waals surface area contributed by atoms with Gasteiger partial charge in [0.15, 0.2) is 5.82 Å². The van der Waals surface area contributed by atoms with E-state index in [2.05, 4.69) is 22.4 Å². The maximum Gasteiger partial charge on any atom is 0.321 e. The Labute approximate surface area is 81.5 Å². The summed E-state index contributed by atoms with van der Waals surface area (Å²) in [7, 11) is 0. The summed E-state index contributed by atoms with van der Waals surface area (Å²) >= 11 is 1.98. The third-order valence-corrected chi connectivity index (χ3v) is 3.54. The first-order valence-electron chi connectivity index (χ1n) is 4.44. The summed E-state index contributed by atoms with van der Waals surface area (Å²) in [5, 5.41) is 7.61. The van der Waals surface area contributed by atoms with Crippen LogP contribution in [0.4, 0.5) is 6.01 Å². The second kappa shape index (κ2) is 3.57. The van der Waals surface area contributed by atoms with E-state index in [-0.39, 0.29) is 0 Å². The number of aromatic nitrogens is 2. The van der Waals surface area contributed by atoms with Gasteiger partial charge in [-0.1, -0.05) is 12.1 Å². The van der Waals surface area contributed by atoms with Crippen LogP contribution < -0.4 is 5.32 Å². The Balaban J connectivity index is 1.97. The SMILES string of the molecule is Cc1noc(NC2CCSC2C)n1. The predicted molar refractivity (Wildman–Crippen MR) is 53.0 cm³/mol. The first kappa shape index (κ1) is 8.87. The zero-order valence-corrected chi connectivity index (χ0v) is 8.60. The highest BCUT2D eigenvalue weighted by atomic mass is 32.2. The average Bonchev–Trinajstić information content (AvgIpc) is 2.64. The average molecular weight is 199 g/mol. The number of hydrogen-bond acceptors (Lipinski definition) is 5. The minimum absolute atomic E-state index is 0.477. The molecule has 4 nitrogen and oxygen atoms in total. The van der Waals surface area contributed by atoms with Gasteiger partial charge in [0.25, 0.3) is 0 Å². The number of aryl methyl sites for hydroxylation is 1. The van der Waals surface area contributed by atoms with Crippen molar-refractivity contribution < 1.29 is 4.52 Å². The molecule has 0 aromatic carbocycles. The van der Waals surface area contributed by atoms with Gasteiger partial charge in [0.05, 0.1) is 0 Å². The number of hydrogen-bond donors (Lipinski definition) is 1. The monoisotopic (exact) mass is 199 g/mol. The lowest BCUT2D eigenvalue weighted by molar-refractivity contribution is 0.421. The maximum absolute atomic E-state index is 4.99. The molecule has 2 rings (SSSR count). The Kier molecular flexibility index (Phi) is 2.44. The zero-order valence-electron chi connectivity index (χ0n) is 7.78. The van der Waals surface area contributed by atoms with E-state index in [0.717, 1.165) is 0 Å². The minimum Gasteiger partial charge on any atom is -0.334 e. The number of nitrogens with one attached hydrogen (secondary N) is 1. The van der Waals surface area contributed by atoms with Crippen molar-refractivity contribution in [3.63, 3.8) is 0 Å². The number of nitrogens with zero attached hydrogens (tertiary/aromatic N) is 2. The first-order valence-corrected chi connectivity index (χ1v) is 5.49. The Morgan fingerprint density at radius 1 is 1.62 bits per heavy atom. The number of anilines is 1. The van der Waals surface area contributed by atoms with Gasteiger partial charge in [-0.25, -0.2) is 0 Å². The lowest BCUT2D eigenvalue weighted by Gasteiger charge is -2.13. The van der Waals surface area contributed by atoms with E-state index in [0.29, 0.717) is 23.1 Å². The van der Waals surface area contributed by atoms with Crippen LogP contribution in [0.1, 0.15) is 19.2 Å². The molecule has 0 aliphatic carbocycles. The van der Waals surface area contributed by atoms with Crippen molar-refractivity contribution in [3.05, 3.63) is 5.82 Å². The second-order valence-electron chi connectivity index (χ2n) is 3.26. The first-order chi connectivity index (χ1) is 6.25. The molecule has 5 heteroatoms. The fourth-order valence-electron chi connectivity index (χ4n) is 1.44. The maximum atomic E-state index is 4.99. The molecule has 2 heterocycles. The molecule has 0 amide bonds. The van der Waals surface area contributed by atoms with Crippen LogP contribution in [0, 0.1) is 6.92 Å². The van der Waals surface area contributed by atoms with Crippen LogP contribution in [0.3, 0.4) is 0 Å². The zero-order chi connectivity index (χ0) is 9.26. The van der Waals surface area contributed by atoms with Crippen LogP contribution in [0.15, 0.2) is 4.52 Å². The molecule has 1 N–H and O–H groups in total. The summed E-state index contributed by atoms with van der Waals surface area (Å²) in [6.45, 7) is 4.04. The van der Waals surface area contributed by atoms with Gasteiger partial charge in [-0.05, 0) is 19.1 Å². The molecule has 13 heavy (non-hydrogen) atoms. The Hall–Kier alpha value is -0.710. The predicted octanol–water partition coefficient (Wildman–Crippen LogP) is 1.68.